The van der Waals surface area contributed by atoms with E-state index in [0.717, 1.165) is 6.54 Å². The van der Waals surface area contributed by atoms with Crippen LogP contribution in [0.4, 0.5) is 0 Å². The number of nitrogens with zero attached hydrogens (tertiary/aromatic N) is 1. The lowest BCUT2D eigenvalue weighted by molar-refractivity contribution is 0.485. The minimum atomic E-state index is 0.352. The molecule has 0 unspecified atom stereocenters. The molecule has 84 valence electrons. The highest BCUT2D eigenvalue weighted by Crippen LogP contribution is 2.43. The molecular weight excluding hydrogens is 194 g/mol. The Kier molecular flexibility index (Phi) is 1.95. The summed E-state index contributed by atoms with van der Waals surface area (Å²) in [4.78, 5) is 0. The summed E-state index contributed by atoms with van der Waals surface area (Å²) in [5.74, 6) is 0. The van der Waals surface area contributed by atoms with Gasteiger partial charge in [-0.05, 0) is 31.4 Å². The number of hydrogen-bond acceptors (Lipinski definition) is 0. The van der Waals surface area contributed by atoms with Crippen molar-refractivity contribution in [3.8, 4) is 0 Å². The molecule has 1 heteroatoms. The number of aromatic nitrogens is 1. The highest BCUT2D eigenvalue weighted by molar-refractivity contribution is 5.86. The molecule has 1 aromatic heterocycles. The molecule has 0 spiro atoms. The average Bonchev–Trinajstić information content (AvgIpc) is 2.75. The van der Waals surface area contributed by atoms with Gasteiger partial charge >= 0.3 is 0 Å². The minimum absolute atomic E-state index is 0.352. The lowest BCUT2D eigenvalue weighted by atomic mass is 9.90. The monoisotopic (exact) mass is 213 g/mol. The van der Waals surface area contributed by atoms with E-state index < -0.39 is 0 Å². The molecule has 1 aromatic carbocycles. The Labute approximate surface area is 97.1 Å². The van der Waals surface area contributed by atoms with Gasteiger partial charge in [0.25, 0.3) is 0 Å². The van der Waals surface area contributed by atoms with Crippen LogP contribution in [0.1, 0.15) is 38.4 Å². The van der Waals surface area contributed by atoms with Crippen LogP contribution in [0.15, 0.2) is 24.3 Å². The summed E-state index contributed by atoms with van der Waals surface area (Å²) >= 11 is 0. The molecule has 0 saturated carbocycles. The van der Waals surface area contributed by atoms with Gasteiger partial charge in [-0.25, -0.2) is 0 Å². The molecule has 1 heterocycles. The predicted octanol–water partition coefficient (Wildman–Crippen LogP) is 3.89. The minimum Gasteiger partial charge on any atom is -0.344 e. The van der Waals surface area contributed by atoms with Gasteiger partial charge in [-0.2, -0.15) is 0 Å². The molecule has 0 fully saturated rings. The molecule has 0 amide bonds. The van der Waals surface area contributed by atoms with E-state index in [1.165, 1.54) is 23.7 Å². The predicted molar refractivity (Wildman–Crippen MR) is 69.0 cm³/mol. The number of fused-ring (bicyclic) bond motifs is 3. The summed E-state index contributed by atoms with van der Waals surface area (Å²) < 4.78 is 2.51. The second-order valence-corrected chi connectivity index (χ2v) is 5.47. The lowest BCUT2D eigenvalue weighted by Crippen LogP contribution is -2.17. The van der Waals surface area contributed by atoms with Crippen LogP contribution in [0.2, 0.25) is 0 Å². The van der Waals surface area contributed by atoms with Gasteiger partial charge in [0.2, 0.25) is 0 Å². The third kappa shape index (κ3) is 1.12. The van der Waals surface area contributed by atoms with E-state index in [0.29, 0.717) is 5.41 Å². The molecule has 16 heavy (non-hydrogen) atoms. The number of rotatable bonds is 1. The second-order valence-electron chi connectivity index (χ2n) is 5.47. The van der Waals surface area contributed by atoms with E-state index >= 15 is 0 Å². The molecule has 1 nitrogen and oxygen atoms in total. The molecule has 0 radical (unpaired) electrons. The van der Waals surface area contributed by atoms with E-state index in [9.17, 15) is 0 Å². The Morgan fingerprint density at radius 3 is 2.75 bits per heavy atom. The van der Waals surface area contributed by atoms with E-state index in [1.54, 1.807) is 11.3 Å². The summed E-state index contributed by atoms with van der Waals surface area (Å²) in [5, 5.41) is 1.48. The van der Waals surface area contributed by atoms with Crippen LogP contribution in [0.25, 0.3) is 10.9 Å². The molecule has 3 rings (SSSR count). The van der Waals surface area contributed by atoms with Crippen molar-refractivity contribution < 1.29 is 0 Å². The zero-order valence-corrected chi connectivity index (χ0v) is 10.4. The Bertz CT molecular complexity index is 531. The van der Waals surface area contributed by atoms with Crippen molar-refractivity contribution in [2.45, 2.75) is 45.6 Å². The first kappa shape index (κ1) is 9.95. The summed E-state index contributed by atoms with van der Waals surface area (Å²) in [6.45, 7) is 8.09. The Morgan fingerprint density at radius 1 is 1.25 bits per heavy atom. The molecular formula is C15H19N. The Morgan fingerprint density at radius 2 is 2.00 bits per heavy atom. The first-order chi connectivity index (χ1) is 7.65. The standard InChI is InChI=1S/C15H19N/c1-4-16-13-8-6-5-7-11(13)12-9-10-15(2,3)14(12)16/h5-8H,4,9-10H2,1-3H3. The first-order valence-corrected chi connectivity index (χ1v) is 6.26. The first-order valence-electron chi connectivity index (χ1n) is 6.26. The van der Waals surface area contributed by atoms with Crippen LogP contribution in [0.5, 0.6) is 0 Å². The van der Waals surface area contributed by atoms with Crippen LogP contribution in [0, 0.1) is 0 Å². The topological polar surface area (TPSA) is 4.93 Å². The molecule has 0 N–H and O–H groups in total. The van der Waals surface area contributed by atoms with Crippen molar-refractivity contribution in [3.63, 3.8) is 0 Å². The van der Waals surface area contributed by atoms with Gasteiger partial charge in [-0.15, -0.1) is 0 Å². The van der Waals surface area contributed by atoms with Gasteiger partial charge in [-0.1, -0.05) is 32.0 Å². The number of hydrogen-bond donors (Lipinski definition) is 0. The Hall–Kier alpha value is -1.24. The maximum atomic E-state index is 2.51. The number of benzene rings is 1. The van der Waals surface area contributed by atoms with E-state index in [4.69, 9.17) is 0 Å². The zero-order chi connectivity index (χ0) is 11.3. The largest absolute Gasteiger partial charge is 0.344 e. The van der Waals surface area contributed by atoms with Gasteiger partial charge in [0.05, 0.1) is 0 Å². The van der Waals surface area contributed by atoms with Gasteiger partial charge in [0, 0.05) is 28.6 Å². The van der Waals surface area contributed by atoms with Crippen molar-refractivity contribution >= 4 is 10.9 Å². The van der Waals surface area contributed by atoms with Crippen LogP contribution in [0.3, 0.4) is 0 Å². The summed E-state index contributed by atoms with van der Waals surface area (Å²) in [6.07, 6.45) is 2.54. The third-order valence-electron chi connectivity index (χ3n) is 4.03. The fourth-order valence-electron chi connectivity index (χ4n) is 3.29. The molecule has 2 aromatic rings. The number of para-hydroxylation sites is 1. The molecule has 1 aliphatic carbocycles. The fourth-order valence-corrected chi connectivity index (χ4v) is 3.29. The normalized spacial score (nSPS) is 17.9. The van der Waals surface area contributed by atoms with Crippen LogP contribution in [-0.4, -0.2) is 4.57 Å². The SMILES string of the molecule is CCn1c2c(c3ccccc31)CCC2(C)C. The zero-order valence-electron chi connectivity index (χ0n) is 10.4. The quantitative estimate of drug-likeness (QED) is 0.677. The molecule has 0 atom stereocenters. The maximum absolute atomic E-state index is 2.51. The summed E-state index contributed by atoms with van der Waals surface area (Å²) in [5.41, 5.74) is 4.95. The average molecular weight is 213 g/mol. The van der Waals surface area contributed by atoms with Crippen LogP contribution in [-0.2, 0) is 18.4 Å². The molecule has 0 aliphatic heterocycles. The summed E-state index contributed by atoms with van der Waals surface area (Å²) in [7, 11) is 0. The Balaban J connectivity index is 2.43. The summed E-state index contributed by atoms with van der Waals surface area (Å²) in [6, 6.07) is 8.85. The number of aryl methyl sites for hydroxylation is 2. The van der Waals surface area contributed by atoms with Crippen molar-refractivity contribution in [1.82, 2.24) is 4.57 Å². The fraction of sp³-hybridized carbons (Fsp3) is 0.467. The third-order valence-corrected chi connectivity index (χ3v) is 4.03. The maximum Gasteiger partial charge on any atom is 0.0485 e. The van der Waals surface area contributed by atoms with Crippen LogP contribution >= 0.6 is 0 Å². The van der Waals surface area contributed by atoms with Gasteiger partial charge in [-0.3, -0.25) is 0 Å². The van der Waals surface area contributed by atoms with E-state index in [-0.39, 0.29) is 0 Å². The van der Waals surface area contributed by atoms with Crippen molar-refractivity contribution in [1.29, 1.82) is 0 Å². The molecule has 1 aliphatic rings. The van der Waals surface area contributed by atoms with Crippen molar-refractivity contribution in [3.05, 3.63) is 35.5 Å². The van der Waals surface area contributed by atoms with Crippen LogP contribution < -0.4 is 0 Å². The van der Waals surface area contributed by atoms with E-state index in [1.807, 2.05) is 0 Å². The second kappa shape index (κ2) is 3.13. The molecule has 0 saturated heterocycles. The van der Waals surface area contributed by atoms with E-state index in [2.05, 4.69) is 49.6 Å². The van der Waals surface area contributed by atoms with Gasteiger partial charge < -0.3 is 4.57 Å². The van der Waals surface area contributed by atoms with Gasteiger partial charge in [0.15, 0.2) is 0 Å². The molecule has 0 bridgehead atoms. The lowest BCUT2D eigenvalue weighted by Gasteiger charge is -2.21. The van der Waals surface area contributed by atoms with Crippen molar-refractivity contribution in [2.75, 3.05) is 0 Å². The van der Waals surface area contributed by atoms with Crippen molar-refractivity contribution in [2.24, 2.45) is 0 Å². The highest BCUT2D eigenvalue weighted by atomic mass is 15.0. The van der Waals surface area contributed by atoms with Gasteiger partial charge in [0.1, 0.15) is 0 Å². The smallest absolute Gasteiger partial charge is 0.0485 e. The highest BCUT2D eigenvalue weighted by Gasteiger charge is 2.34.